The zero-order chi connectivity index (χ0) is 17.9. The summed E-state index contributed by atoms with van der Waals surface area (Å²) in [5, 5.41) is 3.03. The van der Waals surface area contributed by atoms with Crippen molar-refractivity contribution in [3.05, 3.63) is 24.3 Å². The fourth-order valence-corrected chi connectivity index (χ4v) is 4.15. The molecule has 2 saturated heterocycles. The van der Waals surface area contributed by atoms with E-state index in [1.807, 2.05) is 24.3 Å². The van der Waals surface area contributed by atoms with E-state index in [9.17, 15) is 9.59 Å². The van der Waals surface area contributed by atoms with Crippen molar-refractivity contribution in [1.29, 1.82) is 0 Å². The monoisotopic (exact) mass is 363 g/mol. The number of carbonyl (C=O) groups excluding carboxylic acids is 2. The molecule has 1 aromatic carbocycles. The second-order valence-electron chi connectivity index (χ2n) is 6.67. The molecule has 0 bridgehead atoms. The van der Waals surface area contributed by atoms with Gasteiger partial charge in [0.15, 0.2) is 0 Å². The number of likely N-dealkylation sites (tertiary alicyclic amines) is 1. The first kappa shape index (κ1) is 17.9. The number of thioether (sulfide) groups is 1. The predicted octanol–water partition coefficient (Wildman–Crippen LogP) is 3.64. The number of amides is 3. The number of nitrogens with one attached hydrogen (secondary N) is 1. The molecule has 2 aliphatic heterocycles. The molecular formula is C18H25N3O3S. The van der Waals surface area contributed by atoms with Gasteiger partial charge in [-0.05, 0) is 24.3 Å². The van der Waals surface area contributed by atoms with Crippen molar-refractivity contribution in [2.45, 2.75) is 36.7 Å². The van der Waals surface area contributed by atoms with Crippen LogP contribution in [0.4, 0.5) is 15.3 Å². The van der Waals surface area contributed by atoms with Crippen LogP contribution in [0.15, 0.2) is 29.2 Å². The molecule has 0 atom stereocenters. The number of ether oxygens (including phenoxy) is 1. The number of rotatable bonds is 4. The average Bonchev–Trinajstić information content (AvgIpc) is 2.88. The predicted molar refractivity (Wildman–Crippen MR) is 99.1 cm³/mol. The average molecular weight is 363 g/mol. The van der Waals surface area contributed by atoms with E-state index in [4.69, 9.17) is 4.74 Å². The van der Waals surface area contributed by atoms with Crippen molar-refractivity contribution in [3.8, 4) is 0 Å². The number of piperidine rings is 1. The lowest BCUT2D eigenvalue weighted by molar-refractivity contribution is 0.0109. The molecule has 7 heteroatoms. The molecule has 2 aliphatic rings. The van der Waals surface area contributed by atoms with E-state index >= 15 is 0 Å². The molecular weight excluding hydrogens is 338 g/mol. The molecule has 2 fully saturated rings. The maximum atomic E-state index is 12.6. The van der Waals surface area contributed by atoms with Gasteiger partial charge in [-0.25, -0.2) is 9.59 Å². The number of urea groups is 1. The molecule has 0 aromatic heterocycles. The number of benzene rings is 1. The Kier molecular flexibility index (Phi) is 5.42. The third kappa shape index (κ3) is 4.03. The lowest BCUT2D eigenvalue weighted by atomic mass is 9.91. The highest BCUT2D eigenvalue weighted by molar-refractivity contribution is 7.99. The van der Waals surface area contributed by atoms with E-state index in [-0.39, 0.29) is 12.1 Å². The van der Waals surface area contributed by atoms with Crippen molar-refractivity contribution in [1.82, 2.24) is 9.80 Å². The summed E-state index contributed by atoms with van der Waals surface area (Å²) in [5.41, 5.74) is 0.440. The van der Waals surface area contributed by atoms with Crippen molar-refractivity contribution >= 4 is 29.6 Å². The summed E-state index contributed by atoms with van der Waals surface area (Å²) in [6, 6.07) is 7.81. The third-order valence-electron chi connectivity index (χ3n) is 4.69. The maximum absolute atomic E-state index is 12.6. The fourth-order valence-electron chi connectivity index (χ4n) is 3.27. The Morgan fingerprint density at radius 2 is 2.04 bits per heavy atom. The van der Waals surface area contributed by atoms with Gasteiger partial charge in [-0.3, -0.25) is 0 Å². The molecule has 0 saturated carbocycles. The van der Waals surface area contributed by atoms with Gasteiger partial charge in [-0.1, -0.05) is 19.1 Å². The van der Waals surface area contributed by atoms with Gasteiger partial charge in [-0.2, -0.15) is 0 Å². The van der Waals surface area contributed by atoms with Crippen LogP contribution in [0.2, 0.25) is 0 Å². The number of hydrogen-bond donors (Lipinski definition) is 1. The topological polar surface area (TPSA) is 61.9 Å². The Hall–Kier alpha value is -1.89. The van der Waals surface area contributed by atoms with Gasteiger partial charge in [0.2, 0.25) is 0 Å². The van der Waals surface area contributed by atoms with Gasteiger partial charge in [0.05, 0.1) is 12.2 Å². The SMILES string of the molecule is CCCSc1ccccc1NC(=O)N1CCC2(CC1)CN(C)C(=O)O2. The van der Waals surface area contributed by atoms with Crippen LogP contribution in [-0.4, -0.2) is 60.0 Å². The number of anilines is 1. The molecule has 1 spiro atoms. The van der Waals surface area contributed by atoms with E-state index < -0.39 is 5.60 Å². The largest absolute Gasteiger partial charge is 0.441 e. The lowest BCUT2D eigenvalue weighted by Crippen LogP contribution is -2.49. The Bertz CT molecular complexity index is 644. The van der Waals surface area contributed by atoms with Crippen LogP contribution < -0.4 is 5.32 Å². The highest BCUT2D eigenvalue weighted by Gasteiger charge is 2.46. The summed E-state index contributed by atoms with van der Waals surface area (Å²) in [4.78, 5) is 28.8. The fraction of sp³-hybridized carbons (Fsp3) is 0.556. The number of hydrogen-bond acceptors (Lipinski definition) is 4. The van der Waals surface area contributed by atoms with Crippen molar-refractivity contribution < 1.29 is 14.3 Å². The quantitative estimate of drug-likeness (QED) is 0.830. The second kappa shape index (κ2) is 7.56. The van der Waals surface area contributed by atoms with Crippen LogP contribution in [0.25, 0.3) is 0 Å². The molecule has 6 nitrogen and oxygen atoms in total. The summed E-state index contributed by atoms with van der Waals surface area (Å²) >= 11 is 1.76. The van der Waals surface area contributed by atoms with Crippen LogP contribution in [0.1, 0.15) is 26.2 Å². The van der Waals surface area contributed by atoms with Crippen molar-refractivity contribution in [2.75, 3.05) is 37.8 Å². The van der Waals surface area contributed by atoms with Crippen LogP contribution in [0, 0.1) is 0 Å². The molecule has 0 aliphatic carbocycles. The normalized spacial score (nSPS) is 19.2. The zero-order valence-corrected chi connectivity index (χ0v) is 15.6. The van der Waals surface area contributed by atoms with E-state index in [0.29, 0.717) is 32.5 Å². The molecule has 2 heterocycles. The zero-order valence-electron chi connectivity index (χ0n) is 14.8. The maximum Gasteiger partial charge on any atom is 0.410 e. The van der Waals surface area contributed by atoms with Gasteiger partial charge in [0.25, 0.3) is 0 Å². The standard InChI is InChI=1S/C18H25N3O3S/c1-3-12-25-15-7-5-4-6-14(15)19-16(22)21-10-8-18(9-11-21)13-20(2)17(23)24-18/h4-7H,3,8-13H2,1-2H3,(H,19,22). The second-order valence-corrected chi connectivity index (χ2v) is 7.81. The van der Waals surface area contributed by atoms with E-state index in [2.05, 4.69) is 12.2 Å². The Balaban J connectivity index is 1.58. The van der Waals surface area contributed by atoms with Crippen molar-refractivity contribution in [3.63, 3.8) is 0 Å². The number of nitrogens with zero attached hydrogens (tertiary/aromatic N) is 2. The molecule has 3 rings (SSSR count). The summed E-state index contributed by atoms with van der Waals surface area (Å²) in [5.74, 6) is 1.03. The smallest absolute Gasteiger partial charge is 0.410 e. The first-order valence-electron chi connectivity index (χ1n) is 8.75. The lowest BCUT2D eigenvalue weighted by Gasteiger charge is -2.37. The summed E-state index contributed by atoms with van der Waals surface area (Å²) in [6.07, 6.45) is 2.19. The minimum absolute atomic E-state index is 0.0860. The molecule has 1 aromatic rings. The van der Waals surface area contributed by atoms with E-state index in [0.717, 1.165) is 22.8 Å². The molecule has 3 amide bonds. The molecule has 0 unspecified atom stereocenters. The molecule has 1 N–H and O–H groups in total. The van der Waals surface area contributed by atoms with Crippen LogP contribution in [-0.2, 0) is 4.74 Å². The third-order valence-corrected chi connectivity index (χ3v) is 5.97. The number of para-hydroxylation sites is 1. The summed E-state index contributed by atoms with van der Waals surface area (Å²) < 4.78 is 5.54. The summed E-state index contributed by atoms with van der Waals surface area (Å²) in [7, 11) is 1.75. The summed E-state index contributed by atoms with van der Waals surface area (Å²) in [6.45, 7) is 3.94. The molecule has 25 heavy (non-hydrogen) atoms. The van der Waals surface area contributed by atoms with Gasteiger partial charge in [-0.15, -0.1) is 11.8 Å². The first-order chi connectivity index (χ1) is 12.0. The minimum Gasteiger partial charge on any atom is -0.441 e. The Labute approximate surface area is 152 Å². The van der Waals surface area contributed by atoms with Gasteiger partial charge >= 0.3 is 12.1 Å². The van der Waals surface area contributed by atoms with E-state index in [1.165, 1.54) is 0 Å². The van der Waals surface area contributed by atoms with E-state index in [1.54, 1.807) is 28.6 Å². The molecule has 136 valence electrons. The first-order valence-corrected chi connectivity index (χ1v) is 9.73. The van der Waals surface area contributed by atoms with Crippen LogP contribution in [0.5, 0.6) is 0 Å². The van der Waals surface area contributed by atoms with Crippen molar-refractivity contribution in [2.24, 2.45) is 0 Å². The van der Waals surface area contributed by atoms with Gasteiger partial charge < -0.3 is 19.9 Å². The number of likely N-dealkylation sites (N-methyl/N-ethyl adjacent to an activating group) is 1. The van der Waals surface area contributed by atoms with Gasteiger partial charge in [0.1, 0.15) is 5.60 Å². The highest BCUT2D eigenvalue weighted by Crippen LogP contribution is 2.33. The minimum atomic E-state index is -0.419. The Morgan fingerprint density at radius 1 is 1.32 bits per heavy atom. The van der Waals surface area contributed by atoms with Crippen LogP contribution >= 0.6 is 11.8 Å². The highest BCUT2D eigenvalue weighted by atomic mass is 32.2. The van der Waals surface area contributed by atoms with Gasteiger partial charge in [0, 0.05) is 37.9 Å². The Morgan fingerprint density at radius 3 is 2.68 bits per heavy atom. The molecule has 0 radical (unpaired) electrons. The number of carbonyl (C=O) groups is 2. The van der Waals surface area contributed by atoms with Crippen LogP contribution in [0.3, 0.4) is 0 Å².